The van der Waals surface area contributed by atoms with Crippen LogP contribution in [-0.4, -0.2) is 75.2 Å². The third-order valence-corrected chi connectivity index (χ3v) is 8.90. The molecular weight excluding hydrogens is 546 g/mol. The summed E-state index contributed by atoms with van der Waals surface area (Å²) in [7, 11) is -3.73. The number of anilines is 3. The summed E-state index contributed by atoms with van der Waals surface area (Å²) in [4.78, 5) is 23.2. The van der Waals surface area contributed by atoms with Crippen LogP contribution in [0, 0.1) is 0 Å². The zero-order chi connectivity index (χ0) is 27.1. The van der Waals surface area contributed by atoms with Gasteiger partial charge >= 0.3 is 0 Å². The molecule has 2 N–H and O–H groups in total. The summed E-state index contributed by atoms with van der Waals surface area (Å²) in [6.07, 6.45) is 3.43. The quantitative estimate of drug-likeness (QED) is 0.338. The number of hydrogen-bond donors (Lipinski definition) is 2. The summed E-state index contributed by atoms with van der Waals surface area (Å²) in [6.45, 7) is 4.80. The van der Waals surface area contributed by atoms with Crippen LogP contribution in [0.4, 0.5) is 16.5 Å². The number of thiazole rings is 1. The topological polar surface area (TPSA) is 106 Å². The van der Waals surface area contributed by atoms with Gasteiger partial charge in [-0.15, -0.1) is 11.3 Å². The van der Waals surface area contributed by atoms with Crippen molar-refractivity contribution in [1.82, 2.24) is 9.88 Å². The van der Waals surface area contributed by atoms with Crippen molar-refractivity contribution in [3.8, 4) is 0 Å². The van der Waals surface area contributed by atoms with E-state index in [1.807, 2.05) is 25.1 Å². The van der Waals surface area contributed by atoms with Gasteiger partial charge in [0.1, 0.15) is 0 Å². The maximum absolute atomic E-state index is 13.3. The molecule has 1 aliphatic rings. The number of nitrogens with one attached hydrogen (secondary N) is 1. The number of carbonyl (C=O) groups excluding carboxylic acids is 1. The Balaban J connectivity index is 1.39. The number of aliphatic hydroxyl groups is 1. The van der Waals surface area contributed by atoms with Gasteiger partial charge in [0.05, 0.1) is 18.0 Å². The Bertz CT molecular complexity index is 1320. The second kappa shape index (κ2) is 12.8. The highest BCUT2D eigenvalue weighted by Gasteiger charge is 2.23. The molecule has 3 aromatic rings. The fourth-order valence-electron chi connectivity index (χ4n) is 4.55. The molecule has 1 aliphatic heterocycles. The minimum absolute atomic E-state index is 0.0485. The summed E-state index contributed by atoms with van der Waals surface area (Å²) in [5.41, 5.74) is 3.03. The van der Waals surface area contributed by atoms with E-state index in [1.54, 1.807) is 34.5 Å². The lowest BCUT2D eigenvalue weighted by atomic mass is 10.0. The molecule has 204 valence electrons. The lowest BCUT2D eigenvalue weighted by Gasteiger charge is -2.34. The highest BCUT2D eigenvalue weighted by molar-refractivity contribution is 7.93. The summed E-state index contributed by atoms with van der Waals surface area (Å²) in [6, 6.07) is 12.4. The van der Waals surface area contributed by atoms with Crippen LogP contribution in [0.3, 0.4) is 0 Å². The molecule has 0 aliphatic carbocycles. The molecule has 0 saturated carbocycles. The standard InChI is InChI=1S/C26H32ClN5O4S2/c1-2-30(22-6-8-23(9-7-22)38(35,36)29-26-28-11-17-37-26)13-14-31(15-16-33)25(34)19-32-12-3-4-20-18-21(27)5-10-24(20)32/h5-11,17-18,33H,2-4,12-16,19H2,1H3,(H,28,29). The van der Waals surface area contributed by atoms with Gasteiger partial charge in [-0.05, 0) is 67.8 Å². The van der Waals surface area contributed by atoms with Gasteiger partial charge in [0, 0.05) is 60.7 Å². The molecule has 0 unspecified atom stereocenters. The fraction of sp³-hybridized carbons (Fsp3) is 0.385. The Labute approximate surface area is 232 Å². The van der Waals surface area contributed by atoms with Crippen molar-refractivity contribution in [3.05, 3.63) is 64.6 Å². The number of amides is 1. The number of likely N-dealkylation sites (N-methyl/N-ethyl adjacent to an activating group) is 1. The number of nitrogens with zero attached hydrogens (tertiary/aromatic N) is 4. The number of aromatic nitrogens is 1. The molecule has 2 heterocycles. The lowest BCUT2D eigenvalue weighted by molar-refractivity contribution is -0.130. The van der Waals surface area contributed by atoms with Gasteiger partial charge in [-0.1, -0.05) is 11.6 Å². The first-order chi connectivity index (χ1) is 18.3. The first-order valence-electron chi connectivity index (χ1n) is 12.5. The van der Waals surface area contributed by atoms with Crippen molar-refractivity contribution in [2.24, 2.45) is 0 Å². The number of sulfonamides is 1. The van der Waals surface area contributed by atoms with Crippen molar-refractivity contribution in [2.45, 2.75) is 24.7 Å². The van der Waals surface area contributed by atoms with E-state index < -0.39 is 10.0 Å². The Hall–Kier alpha value is -2.86. The number of benzene rings is 2. The first-order valence-corrected chi connectivity index (χ1v) is 15.2. The number of aryl methyl sites for hydroxylation is 1. The molecule has 0 spiro atoms. The minimum atomic E-state index is -3.73. The van der Waals surface area contributed by atoms with Gasteiger partial charge in [-0.25, -0.2) is 13.4 Å². The van der Waals surface area contributed by atoms with Crippen molar-refractivity contribution in [2.75, 3.05) is 60.4 Å². The molecule has 0 fully saturated rings. The zero-order valence-electron chi connectivity index (χ0n) is 21.2. The number of rotatable bonds is 12. The van der Waals surface area contributed by atoms with E-state index in [1.165, 1.54) is 17.5 Å². The van der Waals surface area contributed by atoms with Gasteiger partial charge in [-0.2, -0.15) is 0 Å². The van der Waals surface area contributed by atoms with Crippen LogP contribution < -0.4 is 14.5 Å². The molecule has 2 aromatic carbocycles. The van der Waals surface area contributed by atoms with E-state index in [2.05, 4.69) is 19.5 Å². The molecule has 38 heavy (non-hydrogen) atoms. The number of fused-ring (bicyclic) bond motifs is 1. The second-order valence-corrected chi connectivity index (χ2v) is 11.9. The Morgan fingerprint density at radius 3 is 2.66 bits per heavy atom. The van der Waals surface area contributed by atoms with Crippen LogP contribution in [0.15, 0.2) is 58.9 Å². The van der Waals surface area contributed by atoms with E-state index in [0.29, 0.717) is 29.8 Å². The monoisotopic (exact) mass is 577 g/mol. The predicted molar refractivity (Wildman–Crippen MR) is 153 cm³/mol. The van der Waals surface area contributed by atoms with E-state index in [4.69, 9.17) is 11.6 Å². The molecule has 4 rings (SSSR count). The number of halogens is 1. The average molecular weight is 578 g/mol. The van der Waals surface area contributed by atoms with Gasteiger partial charge in [-0.3, -0.25) is 9.52 Å². The second-order valence-electron chi connectivity index (χ2n) is 8.92. The Morgan fingerprint density at radius 1 is 1.18 bits per heavy atom. The van der Waals surface area contributed by atoms with Crippen LogP contribution in [-0.2, 0) is 21.2 Å². The number of aliphatic hydroxyl groups excluding tert-OH is 1. The molecule has 1 amide bonds. The average Bonchev–Trinajstić information content (AvgIpc) is 3.41. The normalized spacial score (nSPS) is 13.2. The molecule has 0 saturated heterocycles. The SMILES string of the molecule is CCN(CCN(CCO)C(=O)CN1CCCc2cc(Cl)ccc21)c1ccc(S(=O)(=O)Nc2nccs2)cc1. The highest BCUT2D eigenvalue weighted by atomic mass is 35.5. The molecule has 12 heteroatoms. The Kier molecular flexibility index (Phi) is 9.48. The van der Waals surface area contributed by atoms with Gasteiger partial charge in [0.25, 0.3) is 10.0 Å². The summed E-state index contributed by atoms with van der Waals surface area (Å²) < 4.78 is 27.7. The summed E-state index contributed by atoms with van der Waals surface area (Å²) in [5, 5.41) is 12.3. The third-order valence-electron chi connectivity index (χ3n) is 6.49. The highest BCUT2D eigenvalue weighted by Crippen LogP contribution is 2.29. The summed E-state index contributed by atoms with van der Waals surface area (Å²) >= 11 is 7.37. The van der Waals surface area contributed by atoms with Crippen LogP contribution in [0.2, 0.25) is 5.02 Å². The zero-order valence-corrected chi connectivity index (χ0v) is 23.6. The van der Waals surface area contributed by atoms with E-state index in [-0.39, 0.29) is 30.5 Å². The van der Waals surface area contributed by atoms with Gasteiger partial charge in [0.2, 0.25) is 5.91 Å². The van der Waals surface area contributed by atoms with Gasteiger partial charge in [0.15, 0.2) is 5.13 Å². The maximum atomic E-state index is 13.3. The lowest BCUT2D eigenvalue weighted by Crippen LogP contribution is -2.46. The Morgan fingerprint density at radius 2 is 1.97 bits per heavy atom. The van der Waals surface area contributed by atoms with Crippen LogP contribution in [0.1, 0.15) is 18.9 Å². The number of carbonyl (C=O) groups is 1. The molecule has 0 bridgehead atoms. The van der Waals surface area contributed by atoms with Crippen LogP contribution >= 0.6 is 22.9 Å². The molecular formula is C26H32ClN5O4S2. The van der Waals surface area contributed by atoms with Crippen molar-refractivity contribution in [3.63, 3.8) is 0 Å². The third kappa shape index (κ3) is 6.96. The number of hydrogen-bond acceptors (Lipinski definition) is 8. The smallest absolute Gasteiger partial charge is 0.263 e. The van der Waals surface area contributed by atoms with Crippen LogP contribution in [0.25, 0.3) is 0 Å². The van der Waals surface area contributed by atoms with E-state index in [0.717, 1.165) is 36.3 Å². The van der Waals surface area contributed by atoms with Crippen molar-refractivity contribution >= 4 is 55.4 Å². The van der Waals surface area contributed by atoms with Crippen LogP contribution in [0.5, 0.6) is 0 Å². The molecule has 0 atom stereocenters. The van der Waals surface area contributed by atoms with Gasteiger partial charge < -0.3 is 19.8 Å². The largest absolute Gasteiger partial charge is 0.395 e. The van der Waals surface area contributed by atoms with E-state index in [9.17, 15) is 18.3 Å². The summed E-state index contributed by atoms with van der Waals surface area (Å²) in [5.74, 6) is -0.0485. The predicted octanol–water partition coefficient (Wildman–Crippen LogP) is 3.70. The van der Waals surface area contributed by atoms with E-state index >= 15 is 0 Å². The first kappa shape index (κ1) is 28.2. The molecule has 0 radical (unpaired) electrons. The minimum Gasteiger partial charge on any atom is -0.395 e. The molecule has 1 aromatic heterocycles. The maximum Gasteiger partial charge on any atom is 0.263 e. The fourth-order valence-corrected chi connectivity index (χ4v) is 6.53. The molecule has 9 nitrogen and oxygen atoms in total. The van der Waals surface area contributed by atoms with Crippen molar-refractivity contribution < 1.29 is 18.3 Å². The van der Waals surface area contributed by atoms with Crippen molar-refractivity contribution in [1.29, 1.82) is 0 Å².